The van der Waals surface area contributed by atoms with Gasteiger partial charge in [0, 0.05) is 25.9 Å². The second kappa shape index (κ2) is 7.85. The van der Waals surface area contributed by atoms with Crippen LogP contribution in [0.3, 0.4) is 0 Å². The van der Waals surface area contributed by atoms with Crippen LogP contribution in [0, 0.1) is 17.1 Å². The highest BCUT2D eigenvalue weighted by Crippen LogP contribution is 2.35. The molecule has 0 saturated carbocycles. The lowest BCUT2D eigenvalue weighted by molar-refractivity contribution is -0.118. The zero-order valence-corrected chi connectivity index (χ0v) is 15.7. The number of nitrogens with two attached hydrogens (primary N) is 1. The van der Waals surface area contributed by atoms with Crippen LogP contribution in [-0.2, 0) is 31.4 Å². The zero-order valence-electron chi connectivity index (χ0n) is 14.9. The van der Waals surface area contributed by atoms with Crippen LogP contribution in [0.1, 0.15) is 35.8 Å². The van der Waals surface area contributed by atoms with Gasteiger partial charge in [0.25, 0.3) is 0 Å². The average Bonchev–Trinajstić information content (AvgIpc) is 3.16. The summed E-state index contributed by atoms with van der Waals surface area (Å²) >= 11 is 5.52. The van der Waals surface area contributed by atoms with Crippen LogP contribution < -0.4 is 5.73 Å². The van der Waals surface area contributed by atoms with E-state index in [9.17, 15) is 4.79 Å². The van der Waals surface area contributed by atoms with Gasteiger partial charge in [0.15, 0.2) is 4.77 Å². The maximum Gasteiger partial charge on any atom is 0.217 e. The number of benzene rings is 1. The summed E-state index contributed by atoms with van der Waals surface area (Å²) in [6.07, 6.45) is 8.44. The van der Waals surface area contributed by atoms with Crippen molar-refractivity contribution >= 4 is 18.1 Å². The van der Waals surface area contributed by atoms with E-state index < -0.39 is 0 Å². The Morgan fingerprint density at radius 2 is 2.27 bits per heavy atom. The smallest absolute Gasteiger partial charge is 0.217 e. The number of amides is 1. The molecule has 0 fully saturated rings. The summed E-state index contributed by atoms with van der Waals surface area (Å²) in [5, 5.41) is 4.59. The molecule has 7 heteroatoms. The number of hydrogen-bond donors (Lipinski definition) is 1. The van der Waals surface area contributed by atoms with Gasteiger partial charge in [0.05, 0.1) is 13.2 Å². The average molecular weight is 369 g/mol. The highest BCUT2D eigenvalue weighted by molar-refractivity contribution is 7.71. The normalized spacial score (nSPS) is 15.8. The maximum atomic E-state index is 11.1. The predicted octanol–water partition coefficient (Wildman–Crippen LogP) is 1.95. The van der Waals surface area contributed by atoms with E-state index in [1.165, 1.54) is 11.1 Å². The highest BCUT2D eigenvalue weighted by Gasteiger charge is 2.28. The van der Waals surface area contributed by atoms with Crippen molar-refractivity contribution in [3.05, 3.63) is 46.0 Å². The highest BCUT2D eigenvalue weighted by atomic mass is 32.1. The molecular weight excluding hydrogens is 346 g/mol. The molecule has 2 aromatic rings. The van der Waals surface area contributed by atoms with Crippen LogP contribution in [0.2, 0.25) is 0 Å². The van der Waals surface area contributed by atoms with Crippen molar-refractivity contribution in [2.75, 3.05) is 6.54 Å². The predicted molar refractivity (Wildman–Crippen MR) is 103 cm³/mol. The van der Waals surface area contributed by atoms with E-state index in [1.54, 1.807) is 4.68 Å². The van der Waals surface area contributed by atoms with E-state index in [2.05, 4.69) is 40.2 Å². The molecular formula is C19H23N5OS. The molecule has 0 saturated heterocycles. The lowest BCUT2D eigenvalue weighted by atomic mass is 10.1. The molecule has 0 aliphatic heterocycles. The van der Waals surface area contributed by atoms with E-state index in [0.717, 1.165) is 18.7 Å². The van der Waals surface area contributed by atoms with Gasteiger partial charge < -0.3 is 10.3 Å². The number of terminal acetylenes is 1. The Hall–Kier alpha value is -2.43. The van der Waals surface area contributed by atoms with Gasteiger partial charge in [-0.1, -0.05) is 30.2 Å². The Balaban J connectivity index is 1.84. The summed E-state index contributed by atoms with van der Waals surface area (Å²) in [6, 6.07) is 8.76. The van der Waals surface area contributed by atoms with E-state index in [1.807, 2.05) is 11.6 Å². The summed E-state index contributed by atoms with van der Waals surface area (Å²) in [6.45, 7) is 1.04. The van der Waals surface area contributed by atoms with Crippen molar-refractivity contribution in [2.45, 2.75) is 38.4 Å². The molecule has 1 aliphatic rings. The van der Waals surface area contributed by atoms with E-state index in [0.29, 0.717) is 24.4 Å². The number of primary amides is 1. The Labute approximate surface area is 158 Å². The molecule has 1 aromatic carbocycles. The van der Waals surface area contributed by atoms with Gasteiger partial charge in [0.1, 0.15) is 5.82 Å². The van der Waals surface area contributed by atoms with Crippen molar-refractivity contribution in [1.82, 2.24) is 19.2 Å². The number of nitrogens with zero attached hydrogens (tertiary/aromatic N) is 4. The van der Waals surface area contributed by atoms with Crippen molar-refractivity contribution < 1.29 is 4.79 Å². The third-order valence-corrected chi connectivity index (χ3v) is 5.36. The standard InChI is InChI=1S/C19H23N5OS/c1-3-12-23(16-9-8-14-6-4-5-7-15(14)16)13-24-19(26)22(2)18(21-24)11-10-17(20)25/h1,4-7,16H,8-13H2,2H3,(H2,20,25)/t16-/m0/s1. The van der Waals surface area contributed by atoms with Crippen LogP contribution in [0.15, 0.2) is 24.3 Å². The molecule has 1 heterocycles. The first-order chi connectivity index (χ1) is 12.5. The Morgan fingerprint density at radius 3 is 3.00 bits per heavy atom. The molecule has 1 amide bonds. The Morgan fingerprint density at radius 1 is 1.50 bits per heavy atom. The fraction of sp³-hybridized carbons (Fsp3) is 0.421. The van der Waals surface area contributed by atoms with Gasteiger partial charge in [0.2, 0.25) is 5.91 Å². The zero-order chi connectivity index (χ0) is 18.7. The molecule has 0 bridgehead atoms. The van der Waals surface area contributed by atoms with Crippen molar-refractivity contribution in [3.8, 4) is 12.3 Å². The van der Waals surface area contributed by atoms with Gasteiger partial charge in [-0.2, -0.15) is 5.10 Å². The fourth-order valence-electron chi connectivity index (χ4n) is 3.54. The molecule has 0 unspecified atom stereocenters. The first-order valence-electron chi connectivity index (χ1n) is 8.67. The second-order valence-corrected chi connectivity index (χ2v) is 6.93. The van der Waals surface area contributed by atoms with Gasteiger partial charge in [-0.25, -0.2) is 4.68 Å². The molecule has 2 N–H and O–H groups in total. The summed E-state index contributed by atoms with van der Waals surface area (Å²) in [4.78, 5) is 13.3. The second-order valence-electron chi connectivity index (χ2n) is 6.57. The van der Waals surface area contributed by atoms with Crippen LogP contribution in [-0.4, -0.2) is 31.7 Å². The van der Waals surface area contributed by atoms with Crippen LogP contribution in [0.4, 0.5) is 0 Å². The number of carbonyl (C=O) groups is 1. The van der Waals surface area contributed by atoms with E-state index >= 15 is 0 Å². The third-order valence-electron chi connectivity index (χ3n) is 4.88. The molecule has 26 heavy (non-hydrogen) atoms. The van der Waals surface area contributed by atoms with Gasteiger partial charge in [-0.3, -0.25) is 9.69 Å². The molecule has 0 spiro atoms. The van der Waals surface area contributed by atoms with Crippen LogP contribution >= 0.6 is 12.2 Å². The first-order valence-corrected chi connectivity index (χ1v) is 9.08. The van der Waals surface area contributed by atoms with Gasteiger partial charge in [-0.05, 0) is 36.2 Å². The quantitative estimate of drug-likeness (QED) is 0.598. The monoisotopic (exact) mass is 369 g/mol. The summed E-state index contributed by atoms with van der Waals surface area (Å²) in [7, 11) is 1.86. The SMILES string of the molecule is C#CCN(Cn1nc(CCC(N)=O)n(C)c1=S)[C@H]1CCc2ccccc21. The van der Waals surface area contributed by atoms with Crippen molar-refractivity contribution in [3.63, 3.8) is 0 Å². The third kappa shape index (κ3) is 3.71. The Kier molecular flexibility index (Phi) is 5.55. The molecule has 6 nitrogen and oxygen atoms in total. The van der Waals surface area contributed by atoms with Crippen LogP contribution in [0.5, 0.6) is 0 Å². The molecule has 0 radical (unpaired) electrons. The molecule has 1 aliphatic carbocycles. The lowest BCUT2D eigenvalue weighted by Gasteiger charge is -2.27. The van der Waals surface area contributed by atoms with Crippen LogP contribution in [0.25, 0.3) is 0 Å². The minimum atomic E-state index is -0.345. The topological polar surface area (TPSA) is 69.1 Å². The Bertz CT molecular complexity index is 907. The van der Waals surface area contributed by atoms with Crippen molar-refractivity contribution in [2.24, 2.45) is 12.8 Å². The largest absolute Gasteiger partial charge is 0.370 e. The van der Waals surface area contributed by atoms with Crippen molar-refractivity contribution in [1.29, 1.82) is 0 Å². The lowest BCUT2D eigenvalue weighted by Crippen LogP contribution is -2.31. The van der Waals surface area contributed by atoms with E-state index in [4.69, 9.17) is 24.4 Å². The molecule has 1 atom stereocenters. The number of carbonyl (C=O) groups excluding carboxylic acids is 1. The minimum absolute atomic E-state index is 0.254. The summed E-state index contributed by atoms with van der Waals surface area (Å²) < 4.78 is 4.22. The first kappa shape index (κ1) is 18.4. The maximum absolute atomic E-state index is 11.1. The van der Waals surface area contributed by atoms with Gasteiger partial charge >= 0.3 is 0 Å². The summed E-state index contributed by atoms with van der Waals surface area (Å²) in [5.74, 6) is 3.17. The molecule has 136 valence electrons. The van der Waals surface area contributed by atoms with Gasteiger partial charge in [-0.15, -0.1) is 6.42 Å². The number of fused-ring (bicyclic) bond motifs is 1. The molecule has 1 aromatic heterocycles. The van der Waals surface area contributed by atoms with E-state index in [-0.39, 0.29) is 18.4 Å². The number of aromatic nitrogens is 3. The molecule has 3 rings (SSSR count). The number of hydrogen-bond acceptors (Lipinski definition) is 4. The minimum Gasteiger partial charge on any atom is -0.370 e. The number of aryl methyl sites for hydroxylation is 2. The summed E-state index contributed by atoms with van der Waals surface area (Å²) in [5.41, 5.74) is 7.96. The fourth-order valence-corrected chi connectivity index (χ4v) is 3.74. The number of rotatable bonds is 7.